The molecule has 2 aromatic carbocycles. The SMILES string of the molecule is Cc1ccc(-n2c(SCC(=O)Nc3ccnn3C(C)C)nnc2-c2ccccc2)cc1C. The maximum atomic E-state index is 12.7. The molecule has 1 amide bonds. The predicted octanol–water partition coefficient (Wildman–Crippen LogP) is 5.06. The number of rotatable bonds is 7. The van der Waals surface area contributed by atoms with E-state index >= 15 is 0 Å². The smallest absolute Gasteiger partial charge is 0.235 e. The lowest BCUT2D eigenvalue weighted by Gasteiger charge is -2.13. The van der Waals surface area contributed by atoms with Gasteiger partial charge in [-0.15, -0.1) is 10.2 Å². The van der Waals surface area contributed by atoms with E-state index in [-0.39, 0.29) is 17.7 Å². The molecule has 1 N–H and O–H groups in total. The minimum atomic E-state index is -0.117. The number of nitrogens with zero attached hydrogens (tertiary/aromatic N) is 5. The molecule has 4 rings (SSSR count). The highest BCUT2D eigenvalue weighted by Gasteiger charge is 2.18. The fourth-order valence-corrected chi connectivity index (χ4v) is 4.12. The molecule has 0 spiro atoms. The van der Waals surface area contributed by atoms with Crippen LogP contribution < -0.4 is 5.32 Å². The number of hydrogen-bond donors (Lipinski definition) is 1. The Bertz CT molecular complexity index is 1230. The Morgan fingerprint density at radius 1 is 1.03 bits per heavy atom. The van der Waals surface area contributed by atoms with E-state index in [2.05, 4.69) is 52.7 Å². The standard InChI is InChI=1S/C24H26N6OS/c1-16(2)30-21(12-13-25-30)26-22(31)15-32-24-28-27-23(19-8-6-5-7-9-19)29(24)20-11-10-17(3)18(4)14-20/h5-14,16H,15H2,1-4H3,(H,26,31). The molecule has 0 unspecified atom stereocenters. The van der Waals surface area contributed by atoms with Gasteiger partial charge in [-0.3, -0.25) is 9.36 Å². The van der Waals surface area contributed by atoms with Gasteiger partial charge in [0.05, 0.1) is 17.6 Å². The maximum absolute atomic E-state index is 12.7. The summed E-state index contributed by atoms with van der Waals surface area (Å²) in [6, 6.07) is 18.2. The lowest BCUT2D eigenvalue weighted by Crippen LogP contribution is -2.18. The van der Waals surface area contributed by atoms with Crippen LogP contribution in [0.25, 0.3) is 17.1 Å². The fourth-order valence-electron chi connectivity index (χ4n) is 3.37. The van der Waals surface area contributed by atoms with Gasteiger partial charge in [0.1, 0.15) is 5.82 Å². The Morgan fingerprint density at radius 3 is 2.53 bits per heavy atom. The molecule has 2 aromatic heterocycles. The van der Waals surface area contributed by atoms with Gasteiger partial charge < -0.3 is 5.32 Å². The molecule has 0 radical (unpaired) electrons. The van der Waals surface area contributed by atoms with Crippen molar-refractivity contribution in [1.82, 2.24) is 24.5 Å². The van der Waals surface area contributed by atoms with Gasteiger partial charge in [0.25, 0.3) is 0 Å². The van der Waals surface area contributed by atoms with Gasteiger partial charge in [-0.1, -0.05) is 48.2 Å². The first kappa shape index (κ1) is 21.8. The summed E-state index contributed by atoms with van der Waals surface area (Å²) in [5.41, 5.74) is 4.34. The van der Waals surface area contributed by atoms with Crippen molar-refractivity contribution >= 4 is 23.5 Å². The highest BCUT2D eigenvalue weighted by atomic mass is 32.2. The third kappa shape index (κ3) is 4.60. The zero-order valence-corrected chi connectivity index (χ0v) is 19.4. The van der Waals surface area contributed by atoms with E-state index < -0.39 is 0 Å². The van der Waals surface area contributed by atoms with Crippen LogP contribution in [0.5, 0.6) is 0 Å². The van der Waals surface area contributed by atoms with Crippen LogP contribution in [0, 0.1) is 13.8 Å². The molecule has 4 aromatic rings. The summed E-state index contributed by atoms with van der Waals surface area (Å²) in [5.74, 6) is 1.52. The van der Waals surface area contributed by atoms with E-state index in [1.54, 1.807) is 16.9 Å². The van der Waals surface area contributed by atoms with Crippen LogP contribution in [0.3, 0.4) is 0 Å². The van der Waals surface area contributed by atoms with Crippen LogP contribution >= 0.6 is 11.8 Å². The minimum Gasteiger partial charge on any atom is -0.310 e. The monoisotopic (exact) mass is 446 g/mol. The van der Waals surface area contributed by atoms with Crippen molar-refractivity contribution in [3.05, 3.63) is 71.9 Å². The Labute approximate surface area is 191 Å². The van der Waals surface area contributed by atoms with Crippen LogP contribution in [-0.2, 0) is 4.79 Å². The summed E-state index contributed by atoms with van der Waals surface area (Å²) in [6.45, 7) is 8.22. The summed E-state index contributed by atoms with van der Waals surface area (Å²) in [7, 11) is 0. The molecule has 0 aliphatic heterocycles. The first-order valence-corrected chi connectivity index (χ1v) is 11.5. The third-order valence-corrected chi connectivity index (χ3v) is 6.10. The van der Waals surface area contributed by atoms with Gasteiger partial charge in [-0.2, -0.15) is 5.10 Å². The minimum absolute atomic E-state index is 0.117. The zero-order chi connectivity index (χ0) is 22.7. The van der Waals surface area contributed by atoms with Gasteiger partial charge >= 0.3 is 0 Å². The van der Waals surface area contributed by atoms with Gasteiger partial charge in [-0.25, -0.2) is 4.68 Å². The summed E-state index contributed by atoms with van der Waals surface area (Å²) in [4.78, 5) is 12.7. The van der Waals surface area contributed by atoms with Crippen LogP contribution in [0.1, 0.15) is 31.0 Å². The molecule has 0 fully saturated rings. The van der Waals surface area contributed by atoms with Gasteiger partial charge in [0.15, 0.2) is 11.0 Å². The number of amides is 1. The molecule has 0 saturated carbocycles. The number of nitrogens with one attached hydrogen (secondary N) is 1. The molecule has 8 heteroatoms. The lowest BCUT2D eigenvalue weighted by molar-refractivity contribution is -0.113. The number of carbonyl (C=O) groups is 1. The number of aromatic nitrogens is 5. The molecular weight excluding hydrogens is 420 g/mol. The quantitative estimate of drug-likeness (QED) is 0.402. The van der Waals surface area contributed by atoms with Crippen LogP contribution in [0.15, 0.2) is 66.0 Å². The van der Waals surface area contributed by atoms with E-state index in [1.165, 1.54) is 22.9 Å². The number of carbonyl (C=O) groups excluding carboxylic acids is 1. The molecule has 7 nitrogen and oxygen atoms in total. The number of anilines is 1. The summed E-state index contributed by atoms with van der Waals surface area (Å²) in [6.07, 6.45) is 1.69. The average molecular weight is 447 g/mol. The molecule has 164 valence electrons. The van der Waals surface area contributed by atoms with E-state index in [0.29, 0.717) is 11.0 Å². The molecule has 0 atom stereocenters. The van der Waals surface area contributed by atoms with Gasteiger partial charge in [0, 0.05) is 17.7 Å². The second-order valence-corrected chi connectivity index (χ2v) is 8.81. The number of hydrogen-bond acceptors (Lipinski definition) is 5. The Kier molecular flexibility index (Phi) is 6.41. The predicted molar refractivity (Wildman–Crippen MR) is 128 cm³/mol. The van der Waals surface area contributed by atoms with Gasteiger partial charge in [0.2, 0.25) is 5.91 Å². The van der Waals surface area contributed by atoms with Crippen molar-refractivity contribution in [2.75, 3.05) is 11.1 Å². The van der Waals surface area contributed by atoms with Crippen LogP contribution in [0.4, 0.5) is 5.82 Å². The van der Waals surface area contributed by atoms with Crippen molar-refractivity contribution in [2.24, 2.45) is 0 Å². The third-order valence-electron chi connectivity index (χ3n) is 5.17. The molecule has 2 heterocycles. The number of benzene rings is 2. The second-order valence-electron chi connectivity index (χ2n) is 7.87. The summed E-state index contributed by atoms with van der Waals surface area (Å²) < 4.78 is 3.80. The number of aryl methyl sites for hydroxylation is 2. The second kappa shape index (κ2) is 9.40. The molecule has 0 aliphatic carbocycles. The van der Waals surface area contributed by atoms with Crippen LogP contribution in [-0.4, -0.2) is 36.2 Å². The van der Waals surface area contributed by atoms with Crippen molar-refractivity contribution in [3.63, 3.8) is 0 Å². The largest absolute Gasteiger partial charge is 0.310 e. The maximum Gasteiger partial charge on any atom is 0.235 e. The van der Waals surface area contributed by atoms with E-state index in [0.717, 1.165) is 17.1 Å². The summed E-state index contributed by atoms with van der Waals surface area (Å²) >= 11 is 1.36. The Morgan fingerprint density at radius 2 is 1.81 bits per heavy atom. The molecule has 0 saturated heterocycles. The normalized spacial score (nSPS) is 11.2. The molecular formula is C24H26N6OS. The average Bonchev–Trinajstić information content (AvgIpc) is 3.42. The number of thioether (sulfide) groups is 1. The highest BCUT2D eigenvalue weighted by Crippen LogP contribution is 2.29. The topological polar surface area (TPSA) is 77.6 Å². The fraction of sp³-hybridized carbons (Fsp3) is 0.250. The molecule has 0 aliphatic rings. The van der Waals surface area contributed by atoms with Gasteiger partial charge in [-0.05, 0) is 51.0 Å². The van der Waals surface area contributed by atoms with E-state index in [4.69, 9.17) is 0 Å². The van der Waals surface area contributed by atoms with Crippen molar-refractivity contribution in [3.8, 4) is 17.1 Å². The van der Waals surface area contributed by atoms with Crippen molar-refractivity contribution in [2.45, 2.75) is 38.9 Å². The Hall–Kier alpha value is -3.39. The van der Waals surface area contributed by atoms with E-state index in [1.807, 2.05) is 48.7 Å². The molecule has 32 heavy (non-hydrogen) atoms. The lowest BCUT2D eigenvalue weighted by atomic mass is 10.1. The first-order valence-electron chi connectivity index (χ1n) is 10.5. The first-order chi connectivity index (χ1) is 15.4. The highest BCUT2D eigenvalue weighted by molar-refractivity contribution is 7.99. The van der Waals surface area contributed by atoms with Crippen molar-refractivity contribution in [1.29, 1.82) is 0 Å². The van der Waals surface area contributed by atoms with Crippen LogP contribution in [0.2, 0.25) is 0 Å². The van der Waals surface area contributed by atoms with E-state index in [9.17, 15) is 4.79 Å². The summed E-state index contributed by atoms with van der Waals surface area (Å²) in [5, 5.41) is 16.7. The zero-order valence-electron chi connectivity index (χ0n) is 18.6. The Balaban J connectivity index is 1.61. The molecule has 0 bridgehead atoms. The van der Waals surface area contributed by atoms with Crippen molar-refractivity contribution < 1.29 is 4.79 Å².